The molecule has 0 spiro atoms. The van der Waals surface area contributed by atoms with E-state index < -0.39 is 5.97 Å². The van der Waals surface area contributed by atoms with Gasteiger partial charge in [-0.05, 0) is 29.7 Å². The van der Waals surface area contributed by atoms with Gasteiger partial charge in [-0.15, -0.1) is 0 Å². The predicted octanol–water partition coefficient (Wildman–Crippen LogP) is 2.35. The van der Waals surface area contributed by atoms with Gasteiger partial charge in [-0.2, -0.15) is 5.10 Å². The van der Waals surface area contributed by atoms with Crippen LogP contribution in [0.15, 0.2) is 58.8 Å². The smallest absolute Gasteiger partial charge is 0.317 e. The van der Waals surface area contributed by atoms with Crippen LogP contribution in [0.3, 0.4) is 0 Å². The zero-order chi connectivity index (χ0) is 25.6. The van der Waals surface area contributed by atoms with Gasteiger partial charge in [-0.25, -0.2) is 0 Å². The molecular weight excluding hydrogens is 468 g/mol. The summed E-state index contributed by atoms with van der Waals surface area (Å²) in [6.07, 6.45) is 2.77. The molecule has 196 valence electrons. The van der Waals surface area contributed by atoms with Crippen molar-refractivity contribution in [2.75, 3.05) is 70.3 Å². The summed E-state index contributed by atoms with van der Waals surface area (Å²) < 4.78 is 0. The second-order valence-corrected chi connectivity index (χ2v) is 10.0. The molecule has 2 fully saturated rings. The Kier molecular flexibility index (Phi) is 8.01. The van der Waals surface area contributed by atoms with Crippen molar-refractivity contribution in [3.05, 3.63) is 65.2 Å². The van der Waals surface area contributed by atoms with Gasteiger partial charge in [0, 0.05) is 57.9 Å². The summed E-state index contributed by atoms with van der Waals surface area (Å²) in [6, 6.07) is 16.9. The van der Waals surface area contributed by atoms with E-state index in [1.807, 2.05) is 11.1 Å². The minimum absolute atomic E-state index is 0.0422. The maximum Gasteiger partial charge on any atom is 0.317 e. The van der Waals surface area contributed by atoms with E-state index in [4.69, 9.17) is 15.0 Å². The third-order valence-corrected chi connectivity index (χ3v) is 7.34. The molecule has 0 saturated carbocycles. The monoisotopic (exact) mass is 504 g/mol. The normalized spacial score (nSPS) is 21.3. The largest absolute Gasteiger partial charge is 0.480 e. The molecule has 3 aliphatic rings. The molecule has 2 aromatic carbocycles. The Labute approximate surface area is 218 Å². The van der Waals surface area contributed by atoms with Crippen molar-refractivity contribution in [3.63, 3.8) is 0 Å². The molecule has 0 aromatic heterocycles. The molecule has 5 rings (SSSR count). The quantitative estimate of drug-likeness (QED) is 0.553. The van der Waals surface area contributed by atoms with E-state index in [-0.39, 0.29) is 12.6 Å². The Morgan fingerprint density at radius 1 is 1.00 bits per heavy atom. The van der Waals surface area contributed by atoms with Gasteiger partial charge in [0.2, 0.25) is 0 Å². The van der Waals surface area contributed by atoms with Gasteiger partial charge < -0.3 is 14.8 Å². The molecule has 3 heterocycles. The number of hydrogen-bond acceptors (Lipinski definition) is 8. The summed E-state index contributed by atoms with van der Waals surface area (Å²) in [7, 11) is 0. The molecule has 37 heavy (non-hydrogen) atoms. The van der Waals surface area contributed by atoms with Gasteiger partial charge in [0.25, 0.3) is 0 Å². The summed E-state index contributed by atoms with van der Waals surface area (Å²) in [5.41, 5.74) is 5.77. The third kappa shape index (κ3) is 6.67. The minimum atomic E-state index is -0.764. The Bertz CT molecular complexity index is 1120. The number of hydrogen-bond donors (Lipinski definition) is 1. The van der Waals surface area contributed by atoms with Crippen molar-refractivity contribution < 1.29 is 14.7 Å². The number of piperazine rings is 2. The van der Waals surface area contributed by atoms with Crippen LogP contribution in [0.1, 0.15) is 23.1 Å². The van der Waals surface area contributed by atoms with Crippen LogP contribution >= 0.6 is 0 Å². The van der Waals surface area contributed by atoms with Crippen LogP contribution in [-0.2, 0) is 9.63 Å². The number of carboxylic acids is 1. The lowest BCUT2D eigenvalue weighted by Gasteiger charge is -2.35. The van der Waals surface area contributed by atoms with E-state index in [0.717, 1.165) is 82.2 Å². The number of oxime groups is 1. The highest BCUT2D eigenvalue weighted by atomic mass is 16.6. The average Bonchev–Trinajstić information content (AvgIpc) is 3.38. The first kappa shape index (κ1) is 25.2. The molecule has 9 nitrogen and oxygen atoms in total. The molecule has 0 amide bonds. The van der Waals surface area contributed by atoms with Crippen LogP contribution in [-0.4, -0.2) is 109 Å². The summed E-state index contributed by atoms with van der Waals surface area (Å²) >= 11 is 0. The molecule has 1 N–H and O–H groups in total. The van der Waals surface area contributed by atoms with Gasteiger partial charge in [0.15, 0.2) is 0 Å². The van der Waals surface area contributed by atoms with E-state index in [2.05, 4.69) is 75.4 Å². The number of para-hydroxylation sites is 1. The van der Waals surface area contributed by atoms with Crippen molar-refractivity contribution in [3.8, 4) is 0 Å². The second-order valence-electron chi connectivity index (χ2n) is 10.0. The summed E-state index contributed by atoms with van der Waals surface area (Å²) in [6.45, 7) is 10.1. The van der Waals surface area contributed by atoms with Crippen molar-refractivity contribution in [2.45, 2.75) is 19.4 Å². The first-order chi connectivity index (χ1) is 18.0. The first-order valence-corrected chi connectivity index (χ1v) is 13.1. The van der Waals surface area contributed by atoms with Gasteiger partial charge >= 0.3 is 5.97 Å². The van der Waals surface area contributed by atoms with Crippen LogP contribution in [0.25, 0.3) is 0 Å². The summed E-state index contributed by atoms with van der Waals surface area (Å²) in [4.78, 5) is 23.4. The summed E-state index contributed by atoms with van der Waals surface area (Å²) in [5.74, 6) is -0.764. The standard InChI is InChI=1S/C28H36N6O3/c1-22-4-2-3-5-27(22)33-14-16-34(17-15-33)29-19-23-6-8-24(9-7-23)26-18-25(37-30-26)20-31-10-12-32(13-11-31)21-28(35)36/h2-9,19,25H,10-18,20-21H2,1H3,(H,35,36). The van der Waals surface area contributed by atoms with E-state index in [1.165, 1.54) is 11.3 Å². The van der Waals surface area contributed by atoms with E-state index >= 15 is 0 Å². The maximum atomic E-state index is 10.9. The van der Waals surface area contributed by atoms with Crippen molar-refractivity contribution in [1.29, 1.82) is 0 Å². The molecule has 0 aliphatic carbocycles. The number of benzene rings is 2. The first-order valence-electron chi connectivity index (χ1n) is 13.1. The number of aliphatic carboxylic acids is 1. The Morgan fingerprint density at radius 2 is 1.70 bits per heavy atom. The number of anilines is 1. The van der Waals surface area contributed by atoms with Crippen molar-refractivity contribution in [1.82, 2.24) is 14.8 Å². The second kappa shape index (κ2) is 11.7. The van der Waals surface area contributed by atoms with Gasteiger partial charge in [0.1, 0.15) is 6.10 Å². The third-order valence-electron chi connectivity index (χ3n) is 7.34. The topological polar surface area (TPSA) is 84.2 Å². The number of carbonyl (C=O) groups is 1. The predicted molar refractivity (Wildman–Crippen MR) is 146 cm³/mol. The molecule has 2 aromatic rings. The molecule has 3 aliphatic heterocycles. The molecule has 9 heteroatoms. The van der Waals surface area contributed by atoms with Crippen LogP contribution in [0, 0.1) is 6.92 Å². The van der Waals surface area contributed by atoms with Crippen LogP contribution in [0.2, 0.25) is 0 Å². The lowest BCUT2D eigenvalue weighted by atomic mass is 10.0. The van der Waals surface area contributed by atoms with Gasteiger partial charge in [0.05, 0.1) is 31.6 Å². The highest BCUT2D eigenvalue weighted by molar-refractivity contribution is 6.01. The number of aryl methyl sites for hydroxylation is 1. The zero-order valence-corrected chi connectivity index (χ0v) is 21.5. The Hall–Kier alpha value is -3.43. The van der Waals surface area contributed by atoms with Gasteiger partial charge in [-0.1, -0.05) is 47.6 Å². The van der Waals surface area contributed by atoms with E-state index in [9.17, 15) is 4.79 Å². The molecule has 0 bridgehead atoms. The highest BCUT2D eigenvalue weighted by Crippen LogP contribution is 2.21. The van der Waals surface area contributed by atoms with Crippen molar-refractivity contribution in [2.24, 2.45) is 10.3 Å². The molecule has 0 radical (unpaired) electrons. The van der Waals surface area contributed by atoms with Crippen LogP contribution in [0.4, 0.5) is 5.69 Å². The average molecular weight is 505 g/mol. The molecule has 2 saturated heterocycles. The fraction of sp³-hybridized carbons (Fsp3) is 0.464. The maximum absolute atomic E-state index is 10.9. The van der Waals surface area contributed by atoms with Crippen molar-refractivity contribution >= 4 is 23.6 Å². The molecular formula is C28H36N6O3. The number of rotatable bonds is 8. The zero-order valence-electron chi connectivity index (χ0n) is 21.5. The number of hydrazone groups is 1. The van der Waals surface area contributed by atoms with E-state index in [1.54, 1.807) is 0 Å². The number of nitrogens with zero attached hydrogens (tertiary/aromatic N) is 6. The minimum Gasteiger partial charge on any atom is -0.480 e. The Morgan fingerprint density at radius 3 is 2.41 bits per heavy atom. The molecule has 1 atom stereocenters. The van der Waals surface area contributed by atoms with E-state index in [0.29, 0.717) is 0 Å². The highest BCUT2D eigenvalue weighted by Gasteiger charge is 2.27. The Balaban J connectivity index is 1.06. The lowest BCUT2D eigenvalue weighted by molar-refractivity contribution is -0.138. The molecule has 1 unspecified atom stereocenters. The number of carboxylic acid groups (broad SMARTS) is 1. The fourth-order valence-corrected chi connectivity index (χ4v) is 5.19. The lowest BCUT2D eigenvalue weighted by Crippen LogP contribution is -2.49. The fourth-order valence-electron chi connectivity index (χ4n) is 5.19. The van der Waals surface area contributed by atoms with Crippen LogP contribution < -0.4 is 4.90 Å². The SMILES string of the molecule is Cc1ccccc1N1CCN(N=Cc2ccc(C3=NOC(CN4CCN(CC(=O)O)CC4)C3)cc2)CC1. The van der Waals surface area contributed by atoms with Crippen LogP contribution in [0.5, 0.6) is 0 Å². The summed E-state index contributed by atoms with van der Waals surface area (Å²) in [5, 5.41) is 20.2. The van der Waals surface area contributed by atoms with Gasteiger partial charge in [-0.3, -0.25) is 19.6 Å².